The predicted molar refractivity (Wildman–Crippen MR) is 67.3 cm³/mol. The van der Waals surface area contributed by atoms with Crippen LogP contribution in [0.1, 0.15) is 34.6 Å². The number of hydrogen-bond acceptors (Lipinski definition) is 2. The van der Waals surface area contributed by atoms with Gasteiger partial charge in [0.1, 0.15) is 0 Å². The molecule has 2 rings (SSSR count). The van der Waals surface area contributed by atoms with Crippen molar-refractivity contribution in [1.29, 1.82) is 0 Å². The third kappa shape index (κ3) is 2.43. The zero-order valence-corrected chi connectivity index (χ0v) is 10.8. The molecule has 0 aromatic heterocycles. The summed E-state index contributed by atoms with van der Waals surface area (Å²) in [5.41, 5.74) is 5.32. The van der Waals surface area contributed by atoms with E-state index in [1.165, 1.54) is 29.4 Å². The average molecular weight is 233 g/mol. The molecule has 17 heavy (non-hydrogen) atoms. The van der Waals surface area contributed by atoms with Crippen LogP contribution in [0.2, 0.25) is 0 Å². The Morgan fingerprint density at radius 1 is 1.29 bits per heavy atom. The van der Waals surface area contributed by atoms with Gasteiger partial charge in [0.05, 0.1) is 7.11 Å². The van der Waals surface area contributed by atoms with E-state index in [0.717, 1.165) is 6.42 Å². The van der Waals surface area contributed by atoms with E-state index in [9.17, 15) is 4.79 Å². The molecule has 2 atom stereocenters. The van der Waals surface area contributed by atoms with Crippen molar-refractivity contribution in [2.75, 3.05) is 7.11 Å². The number of alkyl carbamates (subject to hydrolysis) is 1. The molecule has 1 fully saturated rings. The number of hydrogen-bond donors (Lipinski definition) is 1. The van der Waals surface area contributed by atoms with E-state index in [1.54, 1.807) is 0 Å². The fourth-order valence-corrected chi connectivity index (χ4v) is 2.66. The van der Waals surface area contributed by atoms with Gasteiger partial charge in [-0.3, -0.25) is 0 Å². The molecule has 0 radical (unpaired) electrons. The first kappa shape index (κ1) is 12.0. The van der Waals surface area contributed by atoms with Crippen molar-refractivity contribution in [2.45, 2.75) is 39.2 Å². The number of nitrogens with one attached hydrogen (secondary N) is 1. The second-order valence-corrected chi connectivity index (χ2v) is 4.90. The van der Waals surface area contributed by atoms with Gasteiger partial charge in [-0.1, -0.05) is 17.7 Å². The predicted octanol–water partition coefficient (Wildman–Crippen LogP) is 2.82. The Balaban J connectivity index is 2.13. The Kier molecular flexibility index (Phi) is 3.09. The minimum absolute atomic E-state index is 0.238. The molecule has 1 aliphatic rings. The van der Waals surface area contributed by atoms with Crippen molar-refractivity contribution >= 4 is 6.09 Å². The molecule has 3 nitrogen and oxygen atoms in total. The molecular weight excluding hydrogens is 214 g/mol. The molecule has 0 spiro atoms. The summed E-state index contributed by atoms with van der Waals surface area (Å²) in [6, 6.07) is 4.65. The van der Waals surface area contributed by atoms with Crippen LogP contribution in [0.5, 0.6) is 0 Å². The smallest absolute Gasteiger partial charge is 0.407 e. The van der Waals surface area contributed by atoms with Gasteiger partial charge >= 0.3 is 6.09 Å². The first-order chi connectivity index (χ1) is 8.02. The van der Waals surface area contributed by atoms with E-state index < -0.39 is 0 Å². The zero-order chi connectivity index (χ0) is 12.6. The van der Waals surface area contributed by atoms with Crippen LogP contribution in [0.3, 0.4) is 0 Å². The summed E-state index contributed by atoms with van der Waals surface area (Å²) in [6.07, 6.45) is 0.680. The number of rotatable bonds is 2. The van der Waals surface area contributed by atoms with Crippen LogP contribution in [0.25, 0.3) is 0 Å². The number of benzene rings is 1. The van der Waals surface area contributed by atoms with Crippen molar-refractivity contribution in [3.05, 3.63) is 34.4 Å². The van der Waals surface area contributed by atoms with E-state index in [4.69, 9.17) is 0 Å². The van der Waals surface area contributed by atoms with Crippen molar-refractivity contribution in [3.8, 4) is 0 Å². The third-order valence-electron chi connectivity index (χ3n) is 3.39. The van der Waals surface area contributed by atoms with Crippen LogP contribution in [0.4, 0.5) is 4.79 Å². The highest BCUT2D eigenvalue weighted by atomic mass is 16.5. The summed E-state index contributed by atoms with van der Waals surface area (Å²) in [5, 5.41) is 2.86. The van der Waals surface area contributed by atoms with Gasteiger partial charge in [0.15, 0.2) is 0 Å². The molecule has 0 saturated heterocycles. The zero-order valence-electron chi connectivity index (χ0n) is 10.8. The Bertz CT molecular complexity index is 431. The number of aryl methyl sites for hydroxylation is 3. The maximum absolute atomic E-state index is 11.1. The van der Waals surface area contributed by atoms with Crippen LogP contribution < -0.4 is 5.32 Å². The first-order valence-electron chi connectivity index (χ1n) is 5.95. The highest BCUT2D eigenvalue weighted by Crippen LogP contribution is 2.43. The van der Waals surface area contributed by atoms with E-state index in [-0.39, 0.29) is 12.1 Å². The van der Waals surface area contributed by atoms with Gasteiger partial charge in [0.2, 0.25) is 0 Å². The van der Waals surface area contributed by atoms with Crippen molar-refractivity contribution in [1.82, 2.24) is 5.32 Å². The van der Waals surface area contributed by atoms with Gasteiger partial charge in [-0.25, -0.2) is 4.79 Å². The molecule has 1 aliphatic carbocycles. The summed E-state index contributed by atoms with van der Waals surface area (Å²) < 4.78 is 4.61. The maximum Gasteiger partial charge on any atom is 0.407 e. The van der Waals surface area contributed by atoms with E-state index >= 15 is 0 Å². The van der Waals surface area contributed by atoms with Gasteiger partial charge in [-0.05, 0) is 43.9 Å². The highest BCUT2D eigenvalue weighted by molar-refractivity contribution is 5.68. The summed E-state index contributed by atoms with van der Waals surface area (Å²) in [4.78, 5) is 11.1. The Labute approximate surface area is 102 Å². The molecular formula is C14H19NO2. The molecule has 3 heteroatoms. The lowest BCUT2D eigenvalue weighted by atomic mass is 9.96. The first-order valence-corrected chi connectivity index (χ1v) is 5.95. The van der Waals surface area contributed by atoms with Gasteiger partial charge in [-0.2, -0.15) is 0 Å². The van der Waals surface area contributed by atoms with Crippen molar-refractivity contribution in [3.63, 3.8) is 0 Å². The summed E-state index contributed by atoms with van der Waals surface area (Å²) >= 11 is 0. The SMILES string of the molecule is COC(=O)N[C@@H]1C[C@@H]1c1c(C)cc(C)cc1C. The number of methoxy groups -OCH3 is 1. The molecule has 0 bridgehead atoms. The Hall–Kier alpha value is -1.51. The molecule has 1 N–H and O–H groups in total. The molecule has 1 aromatic carbocycles. The summed E-state index contributed by atoms with van der Waals surface area (Å²) in [6.45, 7) is 6.40. The van der Waals surface area contributed by atoms with Crippen LogP contribution in [-0.4, -0.2) is 19.2 Å². The van der Waals surface area contributed by atoms with Crippen LogP contribution >= 0.6 is 0 Å². The summed E-state index contributed by atoms with van der Waals surface area (Å²) in [5.74, 6) is 0.453. The molecule has 1 aromatic rings. The number of ether oxygens (including phenoxy) is 1. The molecule has 92 valence electrons. The molecule has 1 saturated carbocycles. The Morgan fingerprint density at radius 3 is 2.41 bits per heavy atom. The van der Waals surface area contributed by atoms with Crippen LogP contribution in [0, 0.1) is 20.8 Å². The second kappa shape index (κ2) is 4.40. The van der Waals surface area contributed by atoms with Crippen molar-refractivity contribution in [2.24, 2.45) is 0 Å². The lowest BCUT2D eigenvalue weighted by Crippen LogP contribution is -2.26. The minimum atomic E-state index is -0.333. The maximum atomic E-state index is 11.1. The molecule has 0 unspecified atom stereocenters. The number of amides is 1. The minimum Gasteiger partial charge on any atom is -0.453 e. The summed E-state index contributed by atoms with van der Waals surface area (Å²) in [7, 11) is 1.40. The lowest BCUT2D eigenvalue weighted by molar-refractivity contribution is 0.170. The van der Waals surface area contributed by atoms with Gasteiger partial charge in [-0.15, -0.1) is 0 Å². The van der Waals surface area contributed by atoms with E-state index in [0.29, 0.717) is 5.92 Å². The van der Waals surface area contributed by atoms with Crippen LogP contribution in [0.15, 0.2) is 12.1 Å². The fraction of sp³-hybridized carbons (Fsp3) is 0.500. The normalized spacial score (nSPS) is 22.1. The third-order valence-corrected chi connectivity index (χ3v) is 3.39. The topological polar surface area (TPSA) is 38.3 Å². The van der Waals surface area contributed by atoms with E-state index in [2.05, 4.69) is 43.0 Å². The van der Waals surface area contributed by atoms with Gasteiger partial charge in [0.25, 0.3) is 0 Å². The quantitative estimate of drug-likeness (QED) is 0.853. The van der Waals surface area contributed by atoms with Crippen LogP contribution in [-0.2, 0) is 4.74 Å². The largest absolute Gasteiger partial charge is 0.453 e. The monoisotopic (exact) mass is 233 g/mol. The number of carbonyl (C=O) groups excluding carboxylic acids is 1. The van der Waals surface area contributed by atoms with Gasteiger partial charge in [0, 0.05) is 12.0 Å². The average Bonchev–Trinajstić information content (AvgIpc) is 2.95. The molecule has 1 amide bonds. The molecule has 0 aliphatic heterocycles. The van der Waals surface area contributed by atoms with Crippen molar-refractivity contribution < 1.29 is 9.53 Å². The standard InChI is InChI=1S/C14H19NO2/c1-8-5-9(2)13(10(3)6-8)11-7-12(11)15-14(16)17-4/h5-6,11-12H,7H2,1-4H3,(H,15,16)/t11-,12+/m0/s1. The highest BCUT2D eigenvalue weighted by Gasteiger charge is 2.41. The number of carbonyl (C=O) groups is 1. The van der Waals surface area contributed by atoms with E-state index in [1.807, 2.05) is 0 Å². The lowest BCUT2D eigenvalue weighted by Gasteiger charge is -2.11. The van der Waals surface area contributed by atoms with Gasteiger partial charge < -0.3 is 10.1 Å². The fourth-order valence-electron chi connectivity index (χ4n) is 2.66. The Morgan fingerprint density at radius 2 is 1.88 bits per heavy atom. The molecule has 0 heterocycles. The second-order valence-electron chi connectivity index (χ2n) is 4.90.